The normalized spacial score (nSPS) is 12.9. The van der Waals surface area contributed by atoms with Crippen LogP contribution >= 0.6 is 0 Å². The Morgan fingerprint density at radius 3 is 2.56 bits per heavy atom. The van der Waals surface area contributed by atoms with E-state index in [2.05, 4.69) is 20.7 Å². The molecule has 11 heteroatoms. The molecule has 2 atom stereocenters. The minimum absolute atomic E-state index is 0.0590. The van der Waals surface area contributed by atoms with Crippen molar-refractivity contribution in [1.29, 1.82) is 0 Å². The first-order valence-electron chi connectivity index (χ1n) is 11.2. The molecule has 9 nitrogen and oxygen atoms in total. The number of nitrogens with two attached hydrogens (primary N) is 2. The summed E-state index contributed by atoms with van der Waals surface area (Å²) in [5, 5.41) is 11.4. The SMILES string of the molecule is C[C@H](N)[C@H](Nc1c(F)cnc(Nc2ccc3c(c2)c(N(C)C)nn3C)c1C(N)=O)c1cccc(F)c1. The van der Waals surface area contributed by atoms with Crippen LogP contribution in [0.1, 0.15) is 28.9 Å². The number of carbonyl (C=O) groups excluding carboxylic acids is 1. The number of pyridine rings is 1. The van der Waals surface area contributed by atoms with Gasteiger partial charge in [0.25, 0.3) is 5.91 Å². The quantitative estimate of drug-likeness (QED) is 0.294. The highest BCUT2D eigenvalue weighted by atomic mass is 19.1. The number of benzene rings is 2. The Labute approximate surface area is 207 Å². The van der Waals surface area contributed by atoms with Crippen LogP contribution in [0.15, 0.2) is 48.7 Å². The Hall–Kier alpha value is -4.25. The summed E-state index contributed by atoms with van der Waals surface area (Å²) in [6, 6.07) is 10.1. The predicted molar refractivity (Wildman–Crippen MR) is 137 cm³/mol. The van der Waals surface area contributed by atoms with Crippen LogP contribution in [0.2, 0.25) is 0 Å². The molecule has 0 aliphatic heterocycles. The number of carbonyl (C=O) groups is 1. The first-order valence-corrected chi connectivity index (χ1v) is 11.2. The van der Waals surface area contributed by atoms with Crippen molar-refractivity contribution in [3.63, 3.8) is 0 Å². The lowest BCUT2D eigenvalue weighted by Gasteiger charge is -2.26. The summed E-state index contributed by atoms with van der Waals surface area (Å²) in [4.78, 5) is 18.5. The second kappa shape index (κ2) is 9.78. The minimum atomic E-state index is -0.897. The molecule has 0 saturated heterocycles. The number of nitrogens with one attached hydrogen (secondary N) is 2. The van der Waals surface area contributed by atoms with E-state index in [-0.39, 0.29) is 17.1 Å². The third-order valence-corrected chi connectivity index (χ3v) is 5.83. The third-order valence-electron chi connectivity index (χ3n) is 5.83. The summed E-state index contributed by atoms with van der Waals surface area (Å²) in [6.07, 6.45) is 0.981. The van der Waals surface area contributed by atoms with Gasteiger partial charge in [-0.1, -0.05) is 12.1 Å². The van der Waals surface area contributed by atoms with E-state index >= 15 is 4.39 Å². The zero-order valence-electron chi connectivity index (χ0n) is 20.4. The summed E-state index contributed by atoms with van der Waals surface area (Å²) in [7, 11) is 5.63. The number of anilines is 4. The van der Waals surface area contributed by atoms with Crippen molar-refractivity contribution in [2.24, 2.45) is 18.5 Å². The lowest BCUT2D eigenvalue weighted by molar-refractivity contribution is 0.100. The molecule has 0 radical (unpaired) electrons. The molecule has 4 aromatic rings. The number of amides is 1. The van der Waals surface area contributed by atoms with Crippen LogP contribution in [0.5, 0.6) is 0 Å². The maximum Gasteiger partial charge on any atom is 0.254 e. The van der Waals surface area contributed by atoms with Crippen LogP contribution < -0.4 is 27.0 Å². The molecule has 2 aromatic heterocycles. The Balaban J connectivity index is 1.77. The molecule has 2 aromatic carbocycles. The maximum atomic E-state index is 15.0. The Morgan fingerprint density at radius 1 is 1.17 bits per heavy atom. The minimum Gasteiger partial charge on any atom is -0.373 e. The fourth-order valence-corrected chi connectivity index (χ4v) is 4.13. The van der Waals surface area contributed by atoms with Crippen molar-refractivity contribution in [1.82, 2.24) is 14.8 Å². The molecular formula is C25H28F2N8O. The van der Waals surface area contributed by atoms with Gasteiger partial charge in [0.05, 0.1) is 23.4 Å². The predicted octanol–water partition coefficient (Wildman–Crippen LogP) is 3.66. The molecule has 0 aliphatic rings. The van der Waals surface area contributed by atoms with Crippen LogP contribution in [0.4, 0.5) is 31.8 Å². The summed E-state index contributed by atoms with van der Waals surface area (Å²) >= 11 is 0. The van der Waals surface area contributed by atoms with Gasteiger partial charge in [-0.3, -0.25) is 9.48 Å². The Morgan fingerprint density at radius 2 is 1.92 bits per heavy atom. The number of aromatic nitrogens is 3. The largest absolute Gasteiger partial charge is 0.373 e. The van der Waals surface area contributed by atoms with Gasteiger partial charge in [-0.2, -0.15) is 5.10 Å². The molecule has 1 amide bonds. The maximum absolute atomic E-state index is 15.0. The molecule has 0 unspecified atom stereocenters. The van der Waals surface area contributed by atoms with Crippen molar-refractivity contribution in [2.75, 3.05) is 29.6 Å². The lowest BCUT2D eigenvalue weighted by atomic mass is 9.99. The van der Waals surface area contributed by atoms with Crippen LogP contribution in [-0.4, -0.2) is 40.8 Å². The van der Waals surface area contributed by atoms with Gasteiger partial charge in [0.1, 0.15) is 17.2 Å². The van der Waals surface area contributed by atoms with E-state index in [0.717, 1.165) is 22.9 Å². The average Bonchev–Trinajstić information content (AvgIpc) is 3.14. The van der Waals surface area contributed by atoms with Gasteiger partial charge >= 0.3 is 0 Å². The molecule has 0 spiro atoms. The van der Waals surface area contributed by atoms with E-state index in [1.54, 1.807) is 23.7 Å². The van der Waals surface area contributed by atoms with Gasteiger partial charge in [0.2, 0.25) is 0 Å². The summed E-state index contributed by atoms with van der Waals surface area (Å²) in [5.41, 5.74) is 13.4. The van der Waals surface area contributed by atoms with Gasteiger partial charge in [-0.15, -0.1) is 0 Å². The number of fused-ring (bicyclic) bond motifs is 1. The molecule has 2 heterocycles. The van der Waals surface area contributed by atoms with E-state index in [4.69, 9.17) is 11.5 Å². The number of nitrogens with zero attached hydrogens (tertiary/aromatic N) is 4. The molecular weight excluding hydrogens is 466 g/mol. The first kappa shape index (κ1) is 24.9. The highest BCUT2D eigenvalue weighted by Gasteiger charge is 2.25. The highest BCUT2D eigenvalue weighted by molar-refractivity contribution is 6.04. The smallest absolute Gasteiger partial charge is 0.254 e. The number of rotatable bonds is 8. The summed E-state index contributed by atoms with van der Waals surface area (Å²) in [6.45, 7) is 1.69. The zero-order valence-corrected chi connectivity index (χ0v) is 20.4. The number of aryl methyl sites for hydroxylation is 1. The summed E-state index contributed by atoms with van der Waals surface area (Å²) < 4.78 is 30.6. The second-order valence-electron chi connectivity index (χ2n) is 8.80. The molecule has 0 bridgehead atoms. The molecule has 188 valence electrons. The average molecular weight is 495 g/mol. The van der Waals surface area contributed by atoms with Gasteiger partial charge in [0, 0.05) is 38.3 Å². The molecule has 0 aliphatic carbocycles. The highest BCUT2D eigenvalue weighted by Crippen LogP contribution is 2.33. The number of hydrogen-bond acceptors (Lipinski definition) is 7. The van der Waals surface area contributed by atoms with Gasteiger partial charge in [-0.25, -0.2) is 13.8 Å². The van der Waals surface area contributed by atoms with E-state index in [0.29, 0.717) is 11.3 Å². The van der Waals surface area contributed by atoms with E-state index < -0.39 is 29.6 Å². The number of halogens is 2. The van der Waals surface area contributed by atoms with Crippen molar-refractivity contribution in [2.45, 2.75) is 19.0 Å². The van der Waals surface area contributed by atoms with E-state index in [9.17, 15) is 9.18 Å². The van der Waals surface area contributed by atoms with Crippen molar-refractivity contribution in [3.8, 4) is 0 Å². The van der Waals surface area contributed by atoms with Gasteiger partial charge in [0.15, 0.2) is 11.6 Å². The first-order chi connectivity index (χ1) is 17.1. The molecule has 0 saturated carbocycles. The number of primary amides is 1. The molecule has 6 N–H and O–H groups in total. The van der Waals surface area contributed by atoms with E-state index in [1.807, 2.05) is 38.2 Å². The molecule has 36 heavy (non-hydrogen) atoms. The van der Waals surface area contributed by atoms with Crippen LogP contribution in [-0.2, 0) is 7.05 Å². The van der Waals surface area contributed by atoms with Crippen molar-refractivity contribution in [3.05, 3.63) is 71.4 Å². The third kappa shape index (κ3) is 4.78. The summed E-state index contributed by atoms with van der Waals surface area (Å²) in [5.74, 6) is -1.34. The monoisotopic (exact) mass is 494 g/mol. The molecule has 4 rings (SSSR count). The lowest BCUT2D eigenvalue weighted by Crippen LogP contribution is -2.32. The molecule has 0 fully saturated rings. The second-order valence-corrected chi connectivity index (χ2v) is 8.80. The van der Waals surface area contributed by atoms with Crippen LogP contribution in [0.3, 0.4) is 0 Å². The number of hydrogen-bond donors (Lipinski definition) is 4. The van der Waals surface area contributed by atoms with Crippen molar-refractivity contribution >= 4 is 39.8 Å². The Bertz CT molecular complexity index is 1430. The standard InChI is InChI=1S/C25H28F2N8O/c1-13(28)21(14-6-5-7-15(26)10-14)32-22-18(27)12-30-24(20(22)23(29)36)31-16-8-9-19-17(11-16)25(34(2)3)33-35(19)4/h5-13,21H,28H2,1-4H3,(H2,29,36)(H2,30,31,32)/t13-,21-/m0/s1. The fraction of sp³-hybridized carbons (Fsp3) is 0.240. The Kier molecular flexibility index (Phi) is 6.75. The van der Waals surface area contributed by atoms with Gasteiger partial charge < -0.3 is 27.0 Å². The van der Waals surface area contributed by atoms with Crippen LogP contribution in [0.25, 0.3) is 10.9 Å². The van der Waals surface area contributed by atoms with Crippen LogP contribution in [0, 0.1) is 11.6 Å². The van der Waals surface area contributed by atoms with Gasteiger partial charge in [-0.05, 0) is 42.8 Å². The topological polar surface area (TPSA) is 127 Å². The zero-order chi connectivity index (χ0) is 26.1. The van der Waals surface area contributed by atoms with E-state index in [1.165, 1.54) is 18.2 Å². The fourth-order valence-electron chi connectivity index (χ4n) is 4.13. The van der Waals surface area contributed by atoms with Crippen molar-refractivity contribution < 1.29 is 13.6 Å².